The number of carbonyl (C=O) groups excluding carboxylic acids is 3. The fourth-order valence-corrected chi connectivity index (χ4v) is 6.49. The third kappa shape index (κ3) is 7.36. The average Bonchev–Trinajstić information content (AvgIpc) is 3.30. The topological polar surface area (TPSA) is 117 Å². The van der Waals surface area contributed by atoms with E-state index in [4.69, 9.17) is 16.6 Å². The number of aromatic nitrogens is 1. The number of halogens is 1. The smallest absolute Gasteiger partial charge is 0.239 e. The molecule has 0 spiro atoms. The molecule has 0 bridgehead atoms. The summed E-state index contributed by atoms with van der Waals surface area (Å²) in [5, 5.41) is 0.342. The molecule has 3 heterocycles. The van der Waals surface area contributed by atoms with Gasteiger partial charge in [-0.25, -0.2) is 13.4 Å². The van der Waals surface area contributed by atoms with Crippen molar-refractivity contribution < 1.29 is 22.8 Å². The van der Waals surface area contributed by atoms with Crippen LogP contribution in [0.25, 0.3) is 0 Å². The minimum Gasteiger partial charge on any atom is -0.355 e. The normalized spacial score (nSPS) is 16.5. The molecule has 0 atom stereocenters. The number of rotatable bonds is 10. The Morgan fingerprint density at radius 3 is 2.44 bits per heavy atom. The Labute approximate surface area is 235 Å². The number of carbonyl (C=O) groups is 3. The van der Waals surface area contributed by atoms with E-state index in [-0.39, 0.29) is 24.0 Å². The van der Waals surface area contributed by atoms with Crippen molar-refractivity contribution in [3.05, 3.63) is 57.7 Å². The first-order valence-corrected chi connectivity index (χ1v) is 15.4. The Bertz CT molecular complexity index is 1340. The largest absolute Gasteiger partial charge is 0.355 e. The highest BCUT2D eigenvalue weighted by atomic mass is 35.5. The van der Waals surface area contributed by atoms with Gasteiger partial charge in [-0.2, -0.15) is 0 Å². The number of piperidine rings is 1. The summed E-state index contributed by atoms with van der Waals surface area (Å²) < 4.78 is 27.4. The first kappa shape index (κ1) is 29.0. The second-order valence-electron chi connectivity index (χ2n) is 10.4. The molecule has 2 fully saturated rings. The minimum absolute atomic E-state index is 0.0475. The van der Waals surface area contributed by atoms with Crippen molar-refractivity contribution >= 4 is 45.0 Å². The summed E-state index contributed by atoms with van der Waals surface area (Å²) in [5.74, 6) is -0.719. The Morgan fingerprint density at radius 1 is 1.13 bits per heavy atom. The highest BCUT2D eigenvalue weighted by Crippen LogP contribution is 2.31. The lowest BCUT2D eigenvalue weighted by molar-refractivity contribution is -0.128. The van der Waals surface area contributed by atoms with Gasteiger partial charge in [0.1, 0.15) is 5.82 Å². The van der Waals surface area contributed by atoms with Crippen molar-refractivity contribution in [3.8, 4) is 0 Å². The molecule has 0 saturated carbocycles. The number of Topliss-reactive ketones (excluding diaryl/α,β-unsaturated/α-hetero) is 1. The van der Waals surface area contributed by atoms with Crippen LogP contribution in [-0.2, 0) is 31.9 Å². The molecule has 210 valence electrons. The Morgan fingerprint density at radius 2 is 1.82 bits per heavy atom. The maximum Gasteiger partial charge on any atom is 0.239 e. The maximum absolute atomic E-state index is 12.8. The van der Waals surface area contributed by atoms with Gasteiger partial charge in [-0.15, -0.1) is 0 Å². The highest BCUT2D eigenvalue weighted by Gasteiger charge is 2.30. The number of pyridine rings is 1. The van der Waals surface area contributed by atoms with Crippen molar-refractivity contribution in [3.63, 3.8) is 0 Å². The van der Waals surface area contributed by atoms with Crippen LogP contribution in [0.15, 0.2) is 30.3 Å². The van der Waals surface area contributed by atoms with Crippen LogP contribution in [-0.4, -0.2) is 55.5 Å². The van der Waals surface area contributed by atoms with Gasteiger partial charge >= 0.3 is 0 Å². The number of hydrogen-bond acceptors (Lipinski definition) is 7. The summed E-state index contributed by atoms with van der Waals surface area (Å²) in [6.07, 6.45) is 3.20. The van der Waals surface area contributed by atoms with Crippen LogP contribution in [0.2, 0.25) is 5.02 Å². The van der Waals surface area contributed by atoms with Crippen LogP contribution in [0.5, 0.6) is 0 Å². The molecule has 0 radical (unpaired) electrons. The van der Waals surface area contributed by atoms with E-state index in [0.29, 0.717) is 79.4 Å². The molecule has 39 heavy (non-hydrogen) atoms. The molecule has 0 aliphatic carbocycles. The highest BCUT2D eigenvalue weighted by molar-refractivity contribution is 7.89. The monoisotopic (exact) mass is 574 g/mol. The molecule has 1 aromatic carbocycles. The van der Waals surface area contributed by atoms with Gasteiger partial charge in [0, 0.05) is 44.0 Å². The second-order valence-corrected chi connectivity index (χ2v) is 12.5. The molecule has 2 amide bonds. The summed E-state index contributed by atoms with van der Waals surface area (Å²) in [5.41, 5.74) is 2.62. The molecule has 11 heteroatoms. The Hall–Kier alpha value is -2.98. The van der Waals surface area contributed by atoms with Crippen LogP contribution in [0.3, 0.4) is 0 Å². The predicted molar refractivity (Wildman–Crippen MR) is 150 cm³/mol. The Balaban J connectivity index is 1.43. The third-order valence-corrected chi connectivity index (χ3v) is 8.73. The molecule has 2 aromatic rings. The van der Waals surface area contributed by atoms with Crippen LogP contribution in [0.4, 0.5) is 5.82 Å². The predicted octanol–water partition coefficient (Wildman–Crippen LogP) is 4.01. The molecule has 9 nitrogen and oxygen atoms in total. The van der Waals surface area contributed by atoms with Crippen LogP contribution in [0.1, 0.15) is 72.6 Å². The zero-order valence-electron chi connectivity index (χ0n) is 22.4. The first-order chi connectivity index (χ1) is 18.6. The summed E-state index contributed by atoms with van der Waals surface area (Å²) in [7, 11) is -3.82. The molecule has 2 aliphatic rings. The van der Waals surface area contributed by atoms with Gasteiger partial charge in [-0.05, 0) is 44.2 Å². The number of nitrogens with zero attached hydrogens (tertiary/aromatic N) is 3. The summed E-state index contributed by atoms with van der Waals surface area (Å²) >= 11 is 6.60. The van der Waals surface area contributed by atoms with Gasteiger partial charge in [-0.1, -0.05) is 48.4 Å². The number of amides is 2. The van der Waals surface area contributed by atoms with Crippen molar-refractivity contribution in [1.29, 1.82) is 0 Å². The quantitative estimate of drug-likeness (QED) is 0.426. The zero-order chi connectivity index (χ0) is 28.2. The van der Waals surface area contributed by atoms with Gasteiger partial charge in [0.15, 0.2) is 5.78 Å². The van der Waals surface area contributed by atoms with E-state index in [9.17, 15) is 22.8 Å². The van der Waals surface area contributed by atoms with E-state index in [1.54, 1.807) is 23.1 Å². The molecule has 2 aliphatic heterocycles. The van der Waals surface area contributed by atoms with E-state index in [1.165, 1.54) is 0 Å². The molecule has 0 unspecified atom stereocenters. The second kappa shape index (κ2) is 12.5. The van der Waals surface area contributed by atoms with E-state index in [2.05, 4.69) is 4.72 Å². The number of aryl methyl sites for hydroxylation is 1. The van der Waals surface area contributed by atoms with Crippen LogP contribution < -0.4 is 9.62 Å². The molecule has 2 saturated heterocycles. The van der Waals surface area contributed by atoms with Crippen LogP contribution >= 0.6 is 11.6 Å². The molecular weight excluding hydrogens is 540 g/mol. The third-order valence-electron chi connectivity index (χ3n) is 7.22. The standard InChI is InChI=1S/C28H35ClN4O5S/c1-3-5-25(34)22-16-23(29)27(30-24(22)17-33-13-4-6-26(33)35)32-14-11-21(12-15-32)28(36)31-39(37,38)18-20-9-7-19(2)8-10-20/h7-10,16,21H,3-6,11-15,17-18H2,1-2H3,(H,31,36). The van der Waals surface area contributed by atoms with Gasteiger partial charge in [-0.3, -0.25) is 19.1 Å². The van der Waals surface area contributed by atoms with Gasteiger partial charge in [0.05, 0.1) is 23.0 Å². The SMILES string of the molecule is CCCC(=O)c1cc(Cl)c(N2CCC(C(=O)NS(=O)(=O)Cc3ccc(C)cc3)CC2)nc1CN1CCCC1=O. The zero-order valence-corrected chi connectivity index (χ0v) is 24.0. The summed E-state index contributed by atoms with van der Waals surface area (Å²) in [4.78, 5) is 46.3. The first-order valence-electron chi connectivity index (χ1n) is 13.4. The lowest BCUT2D eigenvalue weighted by Crippen LogP contribution is -2.43. The number of nitrogens with one attached hydrogen (secondary N) is 1. The van der Waals surface area contributed by atoms with Gasteiger partial charge in [0.25, 0.3) is 0 Å². The molecule has 1 N–H and O–H groups in total. The van der Waals surface area contributed by atoms with Gasteiger partial charge in [0.2, 0.25) is 21.8 Å². The summed E-state index contributed by atoms with van der Waals surface area (Å²) in [6.45, 7) is 5.64. The van der Waals surface area contributed by atoms with Crippen molar-refractivity contribution in [2.75, 3.05) is 24.5 Å². The molecule has 1 aromatic heterocycles. The fraction of sp³-hybridized carbons (Fsp3) is 0.500. The number of anilines is 1. The average molecular weight is 575 g/mol. The van der Waals surface area contributed by atoms with Gasteiger partial charge < -0.3 is 9.80 Å². The number of ketones is 1. The van der Waals surface area contributed by atoms with E-state index < -0.39 is 21.8 Å². The number of benzene rings is 1. The number of sulfonamides is 1. The maximum atomic E-state index is 12.8. The number of likely N-dealkylation sites (tertiary alicyclic amines) is 1. The minimum atomic E-state index is -3.82. The number of hydrogen-bond donors (Lipinski definition) is 1. The Kier molecular flexibility index (Phi) is 9.27. The van der Waals surface area contributed by atoms with Crippen molar-refractivity contribution in [2.24, 2.45) is 5.92 Å². The lowest BCUT2D eigenvalue weighted by atomic mass is 9.96. The lowest BCUT2D eigenvalue weighted by Gasteiger charge is -2.33. The van der Waals surface area contributed by atoms with E-state index in [1.807, 2.05) is 30.9 Å². The summed E-state index contributed by atoms with van der Waals surface area (Å²) in [6, 6.07) is 8.80. The van der Waals surface area contributed by atoms with Crippen molar-refractivity contribution in [1.82, 2.24) is 14.6 Å². The van der Waals surface area contributed by atoms with E-state index >= 15 is 0 Å². The molecular formula is C28H35ClN4O5S. The molecule has 4 rings (SSSR count). The van der Waals surface area contributed by atoms with E-state index in [0.717, 1.165) is 12.0 Å². The fourth-order valence-electron chi connectivity index (χ4n) is 5.04. The van der Waals surface area contributed by atoms with Crippen molar-refractivity contribution in [2.45, 2.75) is 64.7 Å². The van der Waals surface area contributed by atoms with Crippen LogP contribution in [0, 0.1) is 12.8 Å².